The number of aromatic nitrogens is 2. The highest BCUT2D eigenvalue weighted by Crippen LogP contribution is 2.29. The fraction of sp³-hybridized carbons (Fsp3) is 0.385. The van der Waals surface area contributed by atoms with E-state index in [1.807, 2.05) is 13.0 Å². The van der Waals surface area contributed by atoms with Crippen molar-refractivity contribution >= 4 is 33.2 Å². The summed E-state index contributed by atoms with van der Waals surface area (Å²) in [7, 11) is 0. The van der Waals surface area contributed by atoms with Crippen LogP contribution in [0.3, 0.4) is 0 Å². The molecule has 1 saturated heterocycles. The van der Waals surface area contributed by atoms with Crippen LogP contribution in [0.4, 0.5) is 5.95 Å². The number of anilines is 1. The topological polar surface area (TPSA) is 41.1 Å². The van der Waals surface area contributed by atoms with Crippen LogP contribution in [0, 0.1) is 6.92 Å². The van der Waals surface area contributed by atoms with Gasteiger partial charge in [0.05, 0.1) is 10.6 Å². The number of nitrogens with zero attached hydrogens (tertiary/aromatic N) is 3. The van der Waals surface area contributed by atoms with Gasteiger partial charge in [0.15, 0.2) is 0 Å². The third-order valence-electron chi connectivity index (χ3n) is 3.06. The van der Waals surface area contributed by atoms with Gasteiger partial charge in [-0.2, -0.15) is 0 Å². The fourth-order valence-electron chi connectivity index (χ4n) is 2.13. The highest BCUT2D eigenvalue weighted by Gasteiger charge is 2.15. The molecule has 6 heteroatoms. The molecule has 0 amide bonds. The average Bonchev–Trinajstić information content (AvgIpc) is 2.86. The molecular weight excluding hydrogens is 324 g/mol. The molecule has 100 valence electrons. The van der Waals surface area contributed by atoms with Crippen molar-refractivity contribution in [3.05, 3.63) is 27.7 Å². The summed E-state index contributed by atoms with van der Waals surface area (Å²) in [5.74, 6) is 0.848. The van der Waals surface area contributed by atoms with Crippen molar-refractivity contribution in [2.45, 2.75) is 6.92 Å². The van der Waals surface area contributed by atoms with E-state index in [0.29, 0.717) is 0 Å². The molecule has 0 radical (unpaired) electrons. The van der Waals surface area contributed by atoms with Gasteiger partial charge in [-0.3, -0.25) is 0 Å². The van der Waals surface area contributed by atoms with E-state index in [0.717, 1.165) is 48.0 Å². The van der Waals surface area contributed by atoms with Gasteiger partial charge in [0.25, 0.3) is 0 Å². The van der Waals surface area contributed by atoms with Crippen molar-refractivity contribution in [1.82, 2.24) is 15.3 Å². The predicted molar refractivity (Wildman–Crippen MR) is 82.9 cm³/mol. The van der Waals surface area contributed by atoms with Crippen molar-refractivity contribution in [3.8, 4) is 10.6 Å². The molecule has 2 aromatic heterocycles. The van der Waals surface area contributed by atoms with Crippen molar-refractivity contribution in [3.63, 3.8) is 0 Å². The van der Waals surface area contributed by atoms with Crippen molar-refractivity contribution in [2.24, 2.45) is 0 Å². The van der Waals surface area contributed by atoms with Crippen LogP contribution in [-0.2, 0) is 0 Å². The van der Waals surface area contributed by atoms with Gasteiger partial charge in [-0.15, -0.1) is 11.3 Å². The number of hydrogen-bond acceptors (Lipinski definition) is 5. The predicted octanol–water partition coefficient (Wildman–Crippen LogP) is 2.69. The summed E-state index contributed by atoms with van der Waals surface area (Å²) in [6, 6.07) is 4.15. The lowest BCUT2D eigenvalue weighted by atomic mass is 10.3. The normalized spacial score (nSPS) is 15.8. The molecule has 1 aliphatic rings. The Labute approximate surface area is 125 Å². The maximum Gasteiger partial charge on any atom is 0.226 e. The molecule has 0 atom stereocenters. The zero-order valence-corrected chi connectivity index (χ0v) is 13.1. The molecule has 0 bridgehead atoms. The first-order valence-corrected chi connectivity index (χ1v) is 7.95. The number of halogens is 1. The van der Waals surface area contributed by atoms with Crippen molar-refractivity contribution < 1.29 is 0 Å². The van der Waals surface area contributed by atoms with Gasteiger partial charge in [-0.05, 0) is 35.0 Å². The maximum atomic E-state index is 4.72. The Bertz CT molecular complexity index is 578. The summed E-state index contributed by atoms with van der Waals surface area (Å²) in [4.78, 5) is 12.7. The lowest BCUT2D eigenvalue weighted by Crippen LogP contribution is -2.44. The van der Waals surface area contributed by atoms with Gasteiger partial charge in [-0.1, -0.05) is 0 Å². The summed E-state index contributed by atoms with van der Waals surface area (Å²) >= 11 is 5.19. The van der Waals surface area contributed by atoms with E-state index in [1.165, 1.54) is 4.88 Å². The van der Waals surface area contributed by atoms with E-state index in [4.69, 9.17) is 4.98 Å². The zero-order chi connectivity index (χ0) is 13.2. The van der Waals surface area contributed by atoms with Crippen molar-refractivity contribution in [1.29, 1.82) is 0 Å². The molecule has 0 aliphatic carbocycles. The highest BCUT2D eigenvalue weighted by atomic mass is 79.9. The second-order valence-corrected chi connectivity index (χ2v) is 6.39. The number of thiophene rings is 1. The fourth-order valence-corrected chi connectivity index (χ4v) is 3.52. The van der Waals surface area contributed by atoms with Crippen molar-refractivity contribution in [2.75, 3.05) is 31.1 Å². The van der Waals surface area contributed by atoms with E-state index in [9.17, 15) is 0 Å². The molecule has 0 aromatic carbocycles. The second-order valence-electron chi connectivity index (χ2n) is 4.56. The quantitative estimate of drug-likeness (QED) is 0.913. The summed E-state index contributed by atoms with van der Waals surface area (Å²) in [6.07, 6.45) is 0. The van der Waals surface area contributed by atoms with Crippen LogP contribution in [0.1, 0.15) is 5.69 Å². The standard InChI is InChI=1S/C13H15BrN4S/c1-9-6-11(12-7-10(14)8-19-12)17-13(16-9)18-4-2-15-3-5-18/h6-8,15H,2-5H2,1H3. The Morgan fingerprint density at radius 2 is 2.05 bits per heavy atom. The Morgan fingerprint density at radius 1 is 1.26 bits per heavy atom. The molecular formula is C13H15BrN4S. The summed E-state index contributed by atoms with van der Waals surface area (Å²) < 4.78 is 1.10. The second kappa shape index (κ2) is 5.56. The van der Waals surface area contributed by atoms with Gasteiger partial charge in [0.1, 0.15) is 0 Å². The molecule has 1 N–H and O–H groups in total. The van der Waals surface area contributed by atoms with Gasteiger partial charge in [0, 0.05) is 41.7 Å². The summed E-state index contributed by atoms with van der Waals surface area (Å²) in [6.45, 7) is 5.96. The smallest absolute Gasteiger partial charge is 0.226 e. The third-order valence-corrected chi connectivity index (χ3v) is 4.78. The van der Waals surface area contributed by atoms with E-state index >= 15 is 0 Å². The van der Waals surface area contributed by atoms with E-state index in [2.05, 4.69) is 42.6 Å². The van der Waals surface area contributed by atoms with Gasteiger partial charge >= 0.3 is 0 Å². The van der Waals surface area contributed by atoms with Crippen LogP contribution in [0.25, 0.3) is 10.6 Å². The van der Waals surface area contributed by atoms with Gasteiger partial charge in [-0.25, -0.2) is 9.97 Å². The van der Waals surface area contributed by atoms with E-state index in [1.54, 1.807) is 11.3 Å². The molecule has 1 aliphatic heterocycles. The Kier molecular flexibility index (Phi) is 3.81. The van der Waals surface area contributed by atoms with Crippen LogP contribution in [-0.4, -0.2) is 36.1 Å². The number of piperazine rings is 1. The molecule has 3 rings (SSSR count). The molecule has 3 heterocycles. The minimum Gasteiger partial charge on any atom is -0.338 e. The number of nitrogens with one attached hydrogen (secondary N) is 1. The van der Waals surface area contributed by atoms with Crippen LogP contribution in [0.15, 0.2) is 22.0 Å². The molecule has 4 nitrogen and oxygen atoms in total. The molecule has 19 heavy (non-hydrogen) atoms. The lowest BCUT2D eigenvalue weighted by Gasteiger charge is -2.27. The van der Waals surface area contributed by atoms with Gasteiger partial charge in [0.2, 0.25) is 5.95 Å². The first kappa shape index (κ1) is 13.0. The summed E-state index contributed by atoms with van der Waals surface area (Å²) in [5.41, 5.74) is 2.03. The SMILES string of the molecule is Cc1cc(-c2cc(Br)cs2)nc(N2CCNCC2)n1. The molecule has 0 spiro atoms. The summed E-state index contributed by atoms with van der Waals surface area (Å²) in [5, 5.41) is 5.43. The largest absolute Gasteiger partial charge is 0.338 e. The van der Waals surface area contributed by atoms with E-state index in [-0.39, 0.29) is 0 Å². The Balaban J connectivity index is 1.95. The zero-order valence-electron chi connectivity index (χ0n) is 10.7. The van der Waals surface area contributed by atoms with Crippen LogP contribution in [0.5, 0.6) is 0 Å². The minimum atomic E-state index is 0.848. The minimum absolute atomic E-state index is 0.848. The molecule has 1 fully saturated rings. The number of rotatable bonds is 2. The monoisotopic (exact) mass is 338 g/mol. The third kappa shape index (κ3) is 2.96. The highest BCUT2D eigenvalue weighted by molar-refractivity contribution is 9.10. The Morgan fingerprint density at radius 3 is 2.74 bits per heavy atom. The molecule has 2 aromatic rings. The first-order valence-electron chi connectivity index (χ1n) is 6.28. The van der Waals surface area contributed by atoms with Crippen LogP contribution >= 0.6 is 27.3 Å². The van der Waals surface area contributed by atoms with Crippen LogP contribution < -0.4 is 10.2 Å². The molecule has 0 saturated carbocycles. The Hall–Kier alpha value is -0.980. The number of hydrogen-bond donors (Lipinski definition) is 1. The lowest BCUT2D eigenvalue weighted by molar-refractivity contribution is 0.579. The molecule has 0 unspecified atom stereocenters. The van der Waals surface area contributed by atoms with Gasteiger partial charge < -0.3 is 10.2 Å². The van der Waals surface area contributed by atoms with E-state index < -0.39 is 0 Å². The first-order chi connectivity index (χ1) is 9.22. The average molecular weight is 339 g/mol. The van der Waals surface area contributed by atoms with Crippen LogP contribution in [0.2, 0.25) is 0 Å². The number of aryl methyl sites for hydroxylation is 1. The maximum absolute atomic E-state index is 4.72.